The van der Waals surface area contributed by atoms with E-state index in [1.54, 1.807) is 30.5 Å². The van der Waals surface area contributed by atoms with Crippen LogP contribution in [-0.4, -0.2) is 22.6 Å². The predicted molar refractivity (Wildman–Crippen MR) is 105 cm³/mol. The molecule has 0 radical (unpaired) electrons. The summed E-state index contributed by atoms with van der Waals surface area (Å²) in [6.07, 6.45) is 1.87. The smallest absolute Gasteiger partial charge is 0.230 e. The van der Waals surface area contributed by atoms with Gasteiger partial charge in [-0.2, -0.15) is 0 Å². The van der Waals surface area contributed by atoms with Crippen LogP contribution in [0.1, 0.15) is 17.7 Å². The summed E-state index contributed by atoms with van der Waals surface area (Å²) in [6, 6.07) is 20.0. The number of ether oxygens (including phenoxy) is 1. The Hall–Kier alpha value is -3.34. The van der Waals surface area contributed by atoms with E-state index in [0.717, 1.165) is 17.0 Å². The SMILES string of the molecule is Cc1ccc(OCCC(=O)N(Cc2ccccn2)c2ccccc2O)cc1. The van der Waals surface area contributed by atoms with Gasteiger partial charge >= 0.3 is 0 Å². The van der Waals surface area contributed by atoms with E-state index in [4.69, 9.17) is 4.74 Å². The number of amides is 1. The molecule has 0 aliphatic heterocycles. The van der Waals surface area contributed by atoms with Crippen LogP contribution in [0.5, 0.6) is 11.5 Å². The lowest BCUT2D eigenvalue weighted by molar-refractivity contribution is -0.119. The van der Waals surface area contributed by atoms with Crippen molar-refractivity contribution >= 4 is 11.6 Å². The van der Waals surface area contributed by atoms with E-state index >= 15 is 0 Å². The van der Waals surface area contributed by atoms with Crippen LogP contribution >= 0.6 is 0 Å². The fraction of sp³-hybridized carbons (Fsp3) is 0.182. The third-order valence-corrected chi connectivity index (χ3v) is 4.13. The second kappa shape index (κ2) is 8.85. The second-order valence-electron chi connectivity index (χ2n) is 6.20. The number of carbonyl (C=O) groups excluding carboxylic acids is 1. The van der Waals surface area contributed by atoms with Crippen molar-refractivity contribution in [3.8, 4) is 11.5 Å². The van der Waals surface area contributed by atoms with E-state index in [1.165, 1.54) is 4.90 Å². The number of anilines is 1. The molecule has 5 heteroatoms. The Labute approximate surface area is 158 Å². The van der Waals surface area contributed by atoms with Crippen molar-refractivity contribution in [2.24, 2.45) is 0 Å². The molecule has 0 aliphatic rings. The molecule has 0 aliphatic carbocycles. The number of pyridine rings is 1. The van der Waals surface area contributed by atoms with E-state index < -0.39 is 0 Å². The molecule has 0 saturated heterocycles. The number of aryl methyl sites for hydroxylation is 1. The first-order chi connectivity index (χ1) is 13.1. The fourth-order valence-corrected chi connectivity index (χ4v) is 2.68. The molecule has 3 rings (SSSR count). The number of benzene rings is 2. The average Bonchev–Trinajstić information content (AvgIpc) is 2.69. The fourth-order valence-electron chi connectivity index (χ4n) is 2.68. The lowest BCUT2D eigenvalue weighted by Crippen LogP contribution is -2.31. The van der Waals surface area contributed by atoms with E-state index in [-0.39, 0.29) is 31.2 Å². The summed E-state index contributed by atoms with van der Waals surface area (Å²) in [5, 5.41) is 10.2. The van der Waals surface area contributed by atoms with Gasteiger partial charge in [0, 0.05) is 6.20 Å². The van der Waals surface area contributed by atoms with Gasteiger partial charge in [0.2, 0.25) is 5.91 Å². The van der Waals surface area contributed by atoms with Crippen LogP contribution in [0.4, 0.5) is 5.69 Å². The summed E-state index contributed by atoms with van der Waals surface area (Å²) >= 11 is 0. The van der Waals surface area contributed by atoms with Crippen LogP contribution in [0.2, 0.25) is 0 Å². The van der Waals surface area contributed by atoms with Crippen LogP contribution in [0, 0.1) is 6.92 Å². The van der Waals surface area contributed by atoms with Crippen molar-refractivity contribution in [3.63, 3.8) is 0 Å². The highest BCUT2D eigenvalue weighted by atomic mass is 16.5. The minimum atomic E-state index is -0.144. The molecule has 1 amide bonds. The lowest BCUT2D eigenvalue weighted by Gasteiger charge is -2.23. The molecule has 27 heavy (non-hydrogen) atoms. The lowest BCUT2D eigenvalue weighted by atomic mass is 10.2. The van der Waals surface area contributed by atoms with Crippen molar-refractivity contribution in [2.75, 3.05) is 11.5 Å². The van der Waals surface area contributed by atoms with Crippen molar-refractivity contribution < 1.29 is 14.6 Å². The standard InChI is InChI=1S/C22H22N2O3/c1-17-9-11-19(12-10-17)27-15-13-22(26)24(16-18-6-4-5-14-23-18)20-7-2-3-8-21(20)25/h2-12,14,25H,13,15-16H2,1H3. The molecule has 0 atom stereocenters. The topological polar surface area (TPSA) is 62.7 Å². The number of hydrogen-bond acceptors (Lipinski definition) is 4. The van der Waals surface area contributed by atoms with Crippen molar-refractivity contribution in [3.05, 3.63) is 84.2 Å². The van der Waals surface area contributed by atoms with Gasteiger partial charge in [-0.15, -0.1) is 0 Å². The third kappa shape index (κ3) is 5.07. The summed E-state index contributed by atoms with van der Waals surface area (Å²) in [6.45, 7) is 2.55. The number of hydrogen-bond donors (Lipinski definition) is 1. The minimum Gasteiger partial charge on any atom is -0.506 e. The quantitative estimate of drug-likeness (QED) is 0.687. The highest BCUT2D eigenvalue weighted by Crippen LogP contribution is 2.28. The zero-order chi connectivity index (χ0) is 19.1. The molecule has 1 N–H and O–H groups in total. The van der Waals surface area contributed by atoms with Gasteiger partial charge in [-0.25, -0.2) is 0 Å². The van der Waals surface area contributed by atoms with Gasteiger partial charge < -0.3 is 14.7 Å². The van der Waals surface area contributed by atoms with Gasteiger partial charge in [-0.3, -0.25) is 9.78 Å². The number of phenols is 1. The predicted octanol–water partition coefficient (Wildman–Crippen LogP) is 4.10. The summed E-state index contributed by atoms with van der Waals surface area (Å²) in [4.78, 5) is 18.7. The molecular weight excluding hydrogens is 340 g/mol. The van der Waals surface area contributed by atoms with Crippen molar-refractivity contribution in [1.29, 1.82) is 0 Å². The van der Waals surface area contributed by atoms with E-state index in [2.05, 4.69) is 4.98 Å². The van der Waals surface area contributed by atoms with Gasteiger partial charge in [-0.1, -0.05) is 35.9 Å². The number of aromatic hydroxyl groups is 1. The molecule has 2 aromatic carbocycles. The second-order valence-corrected chi connectivity index (χ2v) is 6.20. The van der Waals surface area contributed by atoms with Gasteiger partial charge in [0.05, 0.1) is 31.0 Å². The molecule has 0 saturated carbocycles. The summed E-state index contributed by atoms with van der Waals surface area (Å²) in [7, 11) is 0. The normalized spacial score (nSPS) is 10.4. The Bertz CT molecular complexity index is 880. The van der Waals surface area contributed by atoms with Crippen molar-refractivity contribution in [2.45, 2.75) is 19.9 Å². The van der Waals surface area contributed by atoms with Gasteiger partial charge in [0.25, 0.3) is 0 Å². The Kier molecular flexibility index (Phi) is 6.05. The molecule has 5 nitrogen and oxygen atoms in total. The third-order valence-electron chi connectivity index (χ3n) is 4.13. The molecule has 0 fully saturated rings. The van der Waals surface area contributed by atoms with Crippen LogP contribution in [0.3, 0.4) is 0 Å². The summed E-state index contributed by atoms with van der Waals surface area (Å²) in [5.41, 5.74) is 2.36. The number of phenolic OH excluding ortho intramolecular Hbond substituents is 1. The molecule has 0 unspecified atom stereocenters. The molecule has 3 aromatic rings. The van der Waals surface area contributed by atoms with Gasteiger partial charge in [0.15, 0.2) is 0 Å². The van der Waals surface area contributed by atoms with Crippen LogP contribution in [0.25, 0.3) is 0 Å². The molecule has 1 heterocycles. The first kappa shape index (κ1) is 18.5. The summed E-state index contributed by atoms with van der Waals surface area (Å²) < 4.78 is 5.67. The van der Waals surface area contributed by atoms with E-state index in [0.29, 0.717) is 5.69 Å². The highest BCUT2D eigenvalue weighted by molar-refractivity contribution is 5.94. The van der Waals surface area contributed by atoms with E-state index in [1.807, 2.05) is 49.4 Å². The van der Waals surface area contributed by atoms with Gasteiger partial charge in [-0.05, 0) is 43.3 Å². The van der Waals surface area contributed by atoms with Gasteiger partial charge in [0.1, 0.15) is 11.5 Å². The van der Waals surface area contributed by atoms with Crippen molar-refractivity contribution in [1.82, 2.24) is 4.98 Å². The summed E-state index contributed by atoms with van der Waals surface area (Å²) in [5.74, 6) is 0.641. The molecule has 0 spiro atoms. The van der Waals surface area contributed by atoms with Crippen LogP contribution in [-0.2, 0) is 11.3 Å². The first-order valence-corrected chi connectivity index (χ1v) is 8.81. The Morgan fingerprint density at radius 1 is 1.04 bits per heavy atom. The van der Waals surface area contributed by atoms with Crippen LogP contribution in [0.15, 0.2) is 72.9 Å². The zero-order valence-electron chi connectivity index (χ0n) is 15.2. The Morgan fingerprint density at radius 2 is 1.78 bits per heavy atom. The molecule has 138 valence electrons. The Morgan fingerprint density at radius 3 is 2.48 bits per heavy atom. The number of rotatable bonds is 7. The molecule has 0 bridgehead atoms. The first-order valence-electron chi connectivity index (χ1n) is 8.81. The van der Waals surface area contributed by atoms with Crippen LogP contribution < -0.4 is 9.64 Å². The zero-order valence-corrected chi connectivity index (χ0v) is 15.2. The minimum absolute atomic E-state index is 0.0567. The maximum Gasteiger partial charge on any atom is 0.230 e. The largest absolute Gasteiger partial charge is 0.506 e. The maximum absolute atomic E-state index is 12.9. The number of carbonyl (C=O) groups is 1. The number of aromatic nitrogens is 1. The molecule has 1 aromatic heterocycles. The highest BCUT2D eigenvalue weighted by Gasteiger charge is 2.19. The van der Waals surface area contributed by atoms with E-state index in [9.17, 15) is 9.90 Å². The number of nitrogens with zero attached hydrogens (tertiary/aromatic N) is 2. The Balaban J connectivity index is 1.70. The number of para-hydroxylation sites is 2. The average molecular weight is 362 g/mol. The molecular formula is C22H22N2O3. The maximum atomic E-state index is 12.9. The monoisotopic (exact) mass is 362 g/mol.